The standard InChI is InChI=1S/C15H24ClNS/c1-3-15(4-2,12-16)13-17-10-11-18-14-8-6-5-7-9-14/h5-9,17H,3-4,10-13H2,1-2H3. The van der Waals surface area contributed by atoms with Crippen molar-refractivity contribution in [2.24, 2.45) is 5.41 Å². The zero-order chi connectivity index (χ0) is 13.3. The lowest BCUT2D eigenvalue weighted by molar-refractivity contribution is 0.290. The molecule has 1 nitrogen and oxygen atoms in total. The summed E-state index contributed by atoms with van der Waals surface area (Å²) in [7, 11) is 0. The van der Waals surface area contributed by atoms with Gasteiger partial charge in [-0.15, -0.1) is 23.4 Å². The number of nitrogens with one attached hydrogen (secondary N) is 1. The molecule has 18 heavy (non-hydrogen) atoms. The van der Waals surface area contributed by atoms with Crippen molar-refractivity contribution >= 4 is 23.4 Å². The second-order valence-electron chi connectivity index (χ2n) is 4.68. The number of hydrogen-bond acceptors (Lipinski definition) is 2. The van der Waals surface area contributed by atoms with E-state index in [0.29, 0.717) is 0 Å². The summed E-state index contributed by atoms with van der Waals surface area (Å²) in [6, 6.07) is 10.5. The van der Waals surface area contributed by atoms with E-state index >= 15 is 0 Å². The molecule has 1 N–H and O–H groups in total. The highest BCUT2D eigenvalue weighted by atomic mass is 35.5. The van der Waals surface area contributed by atoms with Crippen LogP contribution in [0.4, 0.5) is 0 Å². The summed E-state index contributed by atoms with van der Waals surface area (Å²) in [4.78, 5) is 1.34. The van der Waals surface area contributed by atoms with E-state index in [9.17, 15) is 0 Å². The molecule has 0 saturated carbocycles. The fraction of sp³-hybridized carbons (Fsp3) is 0.600. The van der Waals surface area contributed by atoms with Crippen molar-refractivity contribution in [1.82, 2.24) is 5.32 Å². The van der Waals surface area contributed by atoms with Gasteiger partial charge in [0, 0.05) is 29.6 Å². The van der Waals surface area contributed by atoms with E-state index in [0.717, 1.165) is 37.6 Å². The molecule has 1 aromatic carbocycles. The zero-order valence-corrected chi connectivity index (χ0v) is 13.0. The summed E-state index contributed by atoms with van der Waals surface area (Å²) in [6.45, 7) is 6.52. The Bertz CT molecular complexity index is 303. The van der Waals surface area contributed by atoms with E-state index in [-0.39, 0.29) is 5.41 Å². The van der Waals surface area contributed by atoms with E-state index in [2.05, 4.69) is 49.5 Å². The highest BCUT2D eigenvalue weighted by Gasteiger charge is 2.24. The number of hydrogen-bond donors (Lipinski definition) is 1. The molecular weight excluding hydrogens is 262 g/mol. The minimum Gasteiger partial charge on any atom is -0.315 e. The summed E-state index contributed by atoms with van der Waals surface area (Å²) < 4.78 is 0. The lowest BCUT2D eigenvalue weighted by Gasteiger charge is -2.29. The molecule has 0 aliphatic heterocycles. The van der Waals surface area contributed by atoms with Crippen LogP contribution in [-0.2, 0) is 0 Å². The fourth-order valence-electron chi connectivity index (χ4n) is 1.85. The highest BCUT2D eigenvalue weighted by Crippen LogP contribution is 2.26. The normalized spacial score (nSPS) is 11.7. The van der Waals surface area contributed by atoms with Gasteiger partial charge in [0.2, 0.25) is 0 Å². The number of thioether (sulfide) groups is 1. The molecule has 0 saturated heterocycles. The second-order valence-corrected chi connectivity index (χ2v) is 6.11. The maximum atomic E-state index is 6.09. The molecule has 0 spiro atoms. The van der Waals surface area contributed by atoms with E-state index in [1.165, 1.54) is 4.90 Å². The second kappa shape index (κ2) is 8.84. The van der Waals surface area contributed by atoms with Gasteiger partial charge >= 0.3 is 0 Å². The Kier molecular flexibility index (Phi) is 7.80. The van der Waals surface area contributed by atoms with Crippen molar-refractivity contribution in [1.29, 1.82) is 0 Å². The summed E-state index contributed by atoms with van der Waals surface area (Å²) in [5.41, 5.74) is 0.277. The van der Waals surface area contributed by atoms with Gasteiger partial charge in [-0.3, -0.25) is 0 Å². The van der Waals surface area contributed by atoms with Crippen LogP contribution in [0, 0.1) is 5.41 Å². The van der Waals surface area contributed by atoms with Crippen LogP contribution in [0.25, 0.3) is 0 Å². The van der Waals surface area contributed by atoms with Crippen molar-refractivity contribution in [3.8, 4) is 0 Å². The summed E-state index contributed by atoms with van der Waals surface area (Å²) >= 11 is 7.99. The van der Waals surface area contributed by atoms with Crippen molar-refractivity contribution < 1.29 is 0 Å². The Morgan fingerprint density at radius 2 is 1.83 bits per heavy atom. The minimum atomic E-state index is 0.277. The number of halogens is 1. The first kappa shape index (κ1) is 15.9. The monoisotopic (exact) mass is 285 g/mol. The topological polar surface area (TPSA) is 12.0 Å². The van der Waals surface area contributed by atoms with Crippen LogP contribution in [0.5, 0.6) is 0 Å². The van der Waals surface area contributed by atoms with Crippen molar-refractivity contribution in [3.63, 3.8) is 0 Å². The Morgan fingerprint density at radius 1 is 1.17 bits per heavy atom. The Hall–Kier alpha value is -0.180. The maximum Gasteiger partial charge on any atom is 0.0291 e. The SMILES string of the molecule is CCC(CC)(CCl)CNCCSc1ccccc1. The predicted octanol–water partition coefficient (Wildman–Crippen LogP) is 4.41. The molecule has 1 rings (SSSR count). The van der Waals surface area contributed by atoms with Gasteiger partial charge in [-0.2, -0.15) is 0 Å². The number of rotatable bonds is 9. The molecule has 0 unspecified atom stereocenters. The van der Waals surface area contributed by atoms with Crippen LogP contribution in [-0.4, -0.2) is 24.7 Å². The van der Waals surface area contributed by atoms with E-state index in [1.807, 2.05) is 11.8 Å². The third-order valence-corrected chi connectivity index (χ3v) is 5.15. The molecule has 0 heterocycles. The summed E-state index contributed by atoms with van der Waals surface area (Å²) in [5, 5.41) is 3.54. The molecule has 0 atom stereocenters. The molecule has 0 aliphatic carbocycles. The molecule has 0 fully saturated rings. The molecule has 0 amide bonds. The van der Waals surface area contributed by atoms with Crippen LogP contribution in [0.15, 0.2) is 35.2 Å². The van der Waals surface area contributed by atoms with Gasteiger partial charge in [0.25, 0.3) is 0 Å². The Labute approximate surface area is 121 Å². The van der Waals surface area contributed by atoms with Crippen molar-refractivity contribution in [2.45, 2.75) is 31.6 Å². The summed E-state index contributed by atoms with van der Waals surface area (Å²) in [6.07, 6.45) is 2.29. The third-order valence-electron chi connectivity index (χ3n) is 3.57. The van der Waals surface area contributed by atoms with Crippen LogP contribution in [0.2, 0.25) is 0 Å². The van der Waals surface area contributed by atoms with Crippen LogP contribution in [0.3, 0.4) is 0 Å². The third kappa shape index (κ3) is 5.21. The molecule has 0 bridgehead atoms. The number of benzene rings is 1. The lowest BCUT2D eigenvalue weighted by Crippen LogP contribution is -2.36. The zero-order valence-electron chi connectivity index (χ0n) is 11.4. The van der Waals surface area contributed by atoms with Gasteiger partial charge in [0.1, 0.15) is 0 Å². The first-order chi connectivity index (χ1) is 8.76. The molecule has 1 aromatic rings. The molecule has 3 heteroatoms. The van der Waals surface area contributed by atoms with Crippen LogP contribution >= 0.6 is 23.4 Å². The molecule has 0 aliphatic rings. The molecule has 0 aromatic heterocycles. The van der Waals surface area contributed by atoms with E-state index < -0.39 is 0 Å². The summed E-state index contributed by atoms with van der Waals surface area (Å²) in [5.74, 6) is 1.86. The molecular formula is C15H24ClNS. The quantitative estimate of drug-likeness (QED) is 0.410. The lowest BCUT2D eigenvalue weighted by atomic mass is 9.84. The first-order valence-electron chi connectivity index (χ1n) is 6.71. The minimum absolute atomic E-state index is 0.277. The average Bonchev–Trinajstić information content (AvgIpc) is 2.45. The van der Waals surface area contributed by atoms with Gasteiger partial charge in [0.05, 0.1) is 0 Å². The fourth-order valence-corrected chi connectivity index (χ4v) is 3.15. The van der Waals surface area contributed by atoms with Crippen LogP contribution < -0.4 is 5.32 Å². The smallest absolute Gasteiger partial charge is 0.0291 e. The Balaban J connectivity index is 2.18. The van der Waals surface area contributed by atoms with Gasteiger partial charge in [-0.1, -0.05) is 32.0 Å². The van der Waals surface area contributed by atoms with Gasteiger partial charge in [-0.05, 0) is 30.4 Å². The van der Waals surface area contributed by atoms with Crippen molar-refractivity contribution in [3.05, 3.63) is 30.3 Å². The van der Waals surface area contributed by atoms with E-state index in [4.69, 9.17) is 11.6 Å². The van der Waals surface area contributed by atoms with Gasteiger partial charge < -0.3 is 5.32 Å². The largest absolute Gasteiger partial charge is 0.315 e. The van der Waals surface area contributed by atoms with Crippen LogP contribution in [0.1, 0.15) is 26.7 Å². The highest BCUT2D eigenvalue weighted by molar-refractivity contribution is 7.99. The van der Waals surface area contributed by atoms with E-state index in [1.54, 1.807) is 0 Å². The van der Waals surface area contributed by atoms with Gasteiger partial charge in [0.15, 0.2) is 0 Å². The Morgan fingerprint density at radius 3 is 2.39 bits per heavy atom. The molecule has 0 radical (unpaired) electrons. The first-order valence-corrected chi connectivity index (χ1v) is 8.23. The number of alkyl halides is 1. The van der Waals surface area contributed by atoms with Gasteiger partial charge in [-0.25, -0.2) is 0 Å². The average molecular weight is 286 g/mol. The van der Waals surface area contributed by atoms with Crippen molar-refractivity contribution in [2.75, 3.05) is 24.7 Å². The molecule has 102 valence electrons. The predicted molar refractivity (Wildman–Crippen MR) is 83.8 cm³/mol. The maximum absolute atomic E-state index is 6.09.